The van der Waals surface area contributed by atoms with E-state index in [2.05, 4.69) is 0 Å². The van der Waals surface area contributed by atoms with Gasteiger partial charge in [-0.2, -0.15) is 13.2 Å². The van der Waals surface area contributed by atoms with Crippen LogP contribution in [0.25, 0.3) is 0 Å². The second-order valence-electron chi connectivity index (χ2n) is 5.85. The largest absolute Gasteiger partial charge is 0.491 e. The minimum absolute atomic E-state index is 0.0655. The minimum atomic E-state index is -4.53. The van der Waals surface area contributed by atoms with Crippen molar-refractivity contribution in [2.75, 3.05) is 19.8 Å². The van der Waals surface area contributed by atoms with Crippen molar-refractivity contribution in [1.29, 1.82) is 0 Å². The quantitative estimate of drug-likeness (QED) is 0.741. The lowest BCUT2D eigenvalue weighted by molar-refractivity contribution is -0.143. The van der Waals surface area contributed by atoms with Crippen LogP contribution in [0.1, 0.15) is 30.1 Å². The molecule has 1 aliphatic rings. The molecule has 26 heavy (non-hydrogen) atoms. The maximum Gasteiger partial charge on any atom is 0.405 e. The molecule has 1 fully saturated rings. The van der Waals surface area contributed by atoms with Gasteiger partial charge in [-0.1, -0.05) is 0 Å². The number of benzene rings is 1. The molecule has 0 radical (unpaired) electrons. The lowest BCUT2D eigenvalue weighted by Gasteiger charge is -2.15. The fourth-order valence-electron chi connectivity index (χ4n) is 2.27. The van der Waals surface area contributed by atoms with Gasteiger partial charge in [0.25, 0.3) is 5.91 Å². The summed E-state index contributed by atoms with van der Waals surface area (Å²) in [7, 11) is 0. The lowest BCUT2D eigenvalue weighted by Crippen LogP contribution is -2.40. The summed E-state index contributed by atoms with van der Waals surface area (Å²) in [4.78, 5) is 23.5. The van der Waals surface area contributed by atoms with Gasteiger partial charge in [0.2, 0.25) is 0 Å². The highest BCUT2D eigenvalue weighted by Crippen LogP contribution is 2.17. The third-order valence-corrected chi connectivity index (χ3v) is 3.67. The van der Waals surface area contributed by atoms with Crippen molar-refractivity contribution in [3.8, 4) is 5.75 Å². The molecule has 1 aromatic rings. The number of hydrogen-bond acceptors (Lipinski definition) is 5. The molecule has 2 rings (SSSR count). The topological polar surface area (TPSA) is 73.9 Å². The average Bonchev–Trinajstić information content (AvgIpc) is 3.11. The van der Waals surface area contributed by atoms with Crippen molar-refractivity contribution >= 4 is 11.9 Å². The number of rotatable bonds is 7. The van der Waals surface area contributed by atoms with Gasteiger partial charge in [-0.3, -0.25) is 4.79 Å². The molecule has 1 N–H and O–H groups in total. The maximum absolute atomic E-state index is 12.1. The van der Waals surface area contributed by atoms with Crippen molar-refractivity contribution in [1.82, 2.24) is 5.32 Å². The zero-order chi connectivity index (χ0) is 19.2. The Morgan fingerprint density at radius 2 is 2.00 bits per heavy atom. The highest BCUT2D eigenvalue weighted by molar-refractivity contribution is 5.92. The zero-order valence-corrected chi connectivity index (χ0v) is 14.2. The number of hydrogen-bond donors (Lipinski definition) is 1. The Kier molecular flexibility index (Phi) is 6.84. The van der Waals surface area contributed by atoms with Crippen LogP contribution in [0.2, 0.25) is 0 Å². The van der Waals surface area contributed by atoms with E-state index in [4.69, 9.17) is 14.2 Å². The Morgan fingerprint density at radius 1 is 1.31 bits per heavy atom. The van der Waals surface area contributed by atoms with E-state index < -0.39 is 30.7 Å². The van der Waals surface area contributed by atoms with Crippen molar-refractivity contribution in [2.24, 2.45) is 0 Å². The second kappa shape index (κ2) is 8.88. The normalized spacial score (nSPS) is 18.2. The first-order chi connectivity index (χ1) is 12.2. The predicted molar refractivity (Wildman–Crippen MR) is 84.9 cm³/mol. The summed E-state index contributed by atoms with van der Waals surface area (Å²) in [5, 5.41) is 1.66. The van der Waals surface area contributed by atoms with E-state index in [1.165, 1.54) is 19.1 Å². The summed E-state index contributed by atoms with van der Waals surface area (Å²) in [5.41, 5.74) is 0.157. The van der Waals surface area contributed by atoms with E-state index in [1.807, 2.05) is 0 Å². The van der Waals surface area contributed by atoms with Crippen LogP contribution in [-0.2, 0) is 14.3 Å². The highest BCUT2D eigenvalue weighted by Gasteiger charge is 2.29. The van der Waals surface area contributed by atoms with Crippen LogP contribution in [0.15, 0.2) is 24.3 Å². The van der Waals surface area contributed by atoms with Crippen LogP contribution >= 0.6 is 0 Å². The van der Waals surface area contributed by atoms with Gasteiger partial charge < -0.3 is 19.5 Å². The number of alkyl halides is 3. The molecule has 1 amide bonds. The molecule has 1 aliphatic heterocycles. The van der Waals surface area contributed by atoms with Crippen LogP contribution in [0, 0.1) is 0 Å². The number of amides is 1. The van der Waals surface area contributed by atoms with E-state index in [-0.39, 0.29) is 11.7 Å². The van der Waals surface area contributed by atoms with E-state index in [9.17, 15) is 22.8 Å². The SMILES string of the molecule is CC(OC(=O)c1ccc(OCC2CCCO2)cc1)C(=O)NCC(F)(F)F. The molecule has 144 valence electrons. The summed E-state index contributed by atoms with van der Waals surface area (Å²) >= 11 is 0. The molecule has 6 nitrogen and oxygen atoms in total. The van der Waals surface area contributed by atoms with Crippen LogP contribution < -0.4 is 10.1 Å². The molecule has 2 unspecified atom stereocenters. The van der Waals surface area contributed by atoms with E-state index in [1.54, 1.807) is 17.4 Å². The monoisotopic (exact) mass is 375 g/mol. The van der Waals surface area contributed by atoms with Gasteiger partial charge >= 0.3 is 12.1 Å². The third-order valence-electron chi connectivity index (χ3n) is 3.67. The summed E-state index contributed by atoms with van der Waals surface area (Å²) in [6.07, 6.45) is -3.86. The fraction of sp³-hybridized carbons (Fsp3) is 0.529. The fourth-order valence-corrected chi connectivity index (χ4v) is 2.27. The number of halogens is 3. The smallest absolute Gasteiger partial charge is 0.405 e. The first-order valence-corrected chi connectivity index (χ1v) is 8.14. The number of carbonyl (C=O) groups is 2. The Labute approximate surface area is 148 Å². The standard InChI is InChI=1S/C17H20F3NO5/c1-11(15(22)21-10-17(18,19)20)26-16(23)12-4-6-13(7-5-12)25-9-14-3-2-8-24-14/h4-7,11,14H,2-3,8-10H2,1H3,(H,21,22). The highest BCUT2D eigenvalue weighted by atomic mass is 19.4. The van der Waals surface area contributed by atoms with Crippen LogP contribution in [0.4, 0.5) is 13.2 Å². The number of carbonyl (C=O) groups excluding carboxylic acids is 2. The van der Waals surface area contributed by atoms with Crippen LogP contribution in [0.5, 0.6) is 5.75 Å². The van der Waals surface area contributed by atoms with Gasteiger partial charge in [0, 0.05) is 6.61 Å². The van der Waals surface area contributed by atoms with Gasteiger partial charge in [0.15, 0.2) is 6.10 Å². The van der Waals surface area contributed by atoms with Crippen molar-refractivity contribution < 1.29 is 37.0 Å². The molecular formula is C17H20F3NO5. The molecule has 0 aromatic heterocycles. The molecule has 9 heteroatoms. The zero-order valence-electron chi connectivity index (χ0n) is 14.2. The number of nitrogens with one attached hydrogen (secondary N) is 1. The summed E-state index contributed by atoms with van der Waals surface area (Å²) in [6.45, 7) is 0.862. The number of esters is 1. The molecule has 0 aliphatic carbocycles. The predicted octanol–water partition coefficient (Wildman–Crippen LogP) is 2.47. The molecule has 0 bridgehead atoms. The Balaban J connectivity index is 1.80. The molecule has 0 spiro atoms. The molecule has 1 saturated heterocycles. The van der Waals surface area contributed by atoms with Gasteiger partial charge in [-0.15, -0.1) is 0 Å². The van der Waals surface area contributed by atoms with Gasteiger partial charge in [-0.05, 0) is 44.0 Å². The summed E-state index contributed by atoms with van der Waals surface area (Å²) < 4.78 is 52.1. The van der Waals surface area contributed by atoms with Crippen LogP contribution in [0.3, 0.4) is 0 Å². The second-order valence-corrected chi connectivity index (χ2v) is 5.85. The lowest BCUT2D eigenvalue weighted by atomic mass is 10.2. The van der Waals surface area contributed by atoms with Crippen LogP contribution in [-0.4, -0.2) is 50.0 Å². The Hall–Kier alpha value is -2.29. The Morgan fingerprint density at radius 3 is 2.58 bits per heavy atom. The van der Waals surface area contributed by atoms with E-state index >= 15 is 0 Å². The third kappa shape index (κ3) is 6.55. The molecular weight excluding hydrogens is 355 g/mol. The van der Waals surface area contributed by atoms with Gasteiger partial charge in [0.1, 0.15) is 18.9 Å². The molecule has 1 aromatic carbocycles. The molecule has 2 atom stereocenters. The van der Waals surface area contributed by atoms with Gasteiger partial charge in [-0.25, -0.2) is 4.79 Å². The van der Waals surface area contributed by atoms with E-state index in [0.717, 1.165) is 19.4 Å². The van der Waals surface area contributed by atoms with Gasteiger partial charge in [0.05, 0.1) is 11.7 Å². The first-order valence-electron chi connectivity index (χ1n) is 8.14. The average molecular weight is 375 g/mol. The van der Waals surface area contributed by atoms with Crippen molar-refractivity contribution in [3.63, 3.8) is 0 Å². The summed E-state index contributed by atoms with van der Waals surface area (Å²) in [6, 6.07) is 6.04. The van der Waals surface area contributed by atoms with E-state index in [0.29, 0.717) is 12.4 Å². The van der Waals surface area contributed by atoms with Crippen molar-refractivity contribution in [3.05, 3.63) is 29.8 Å². The first kappa shape index (κ1) is 20.0. The molecule has 0 saturated carbocycles. The van der Waals surface area contributed by atoms with Crippen molar-refractivity contribution in [2.45, 2.75) is 38.1 Å². The molecule has 1 heterocycles. The Bertz CT molecular complexity index is 612. The summed E-state index contributed by atoms with van der Waals surface area (Å²) in [5.74, 6) is -1.29. The number of ether oxygens (including phenoxy) is 3. The maximum atomic E-state index is 12.1. The minimum Gasteiger partial charge on any atom is -0.491 e.